The number of piperidine rings is 2. The van der Waals surface area contributed by atoms with Crippen molar-refractivity contribution in [2.75, 3.05) is 13.2 Å². The first-order valence-corrected chi connectivity index (χ1v) is 5.23. The lowest BCUT2D eigenvalue weighted by Gasteiger charge is -2.43. The molecule has 2 heterocycles. The Balaban J connectivity index is 2.09. The monoisotopic (exact) mass is 183 g/mol. The lowest BCUT2D eigenvalue weighted by atomic mass is 9.84. The summed E-state index contributed by atoms with van der Waals surface area (Å²) >= 11 is 0. The average Bonchev–Trinajstić information content (AvgIpc) is 2.18. The minimum absolute atomic E-state index is 0.244. The van der Waals surface area contributed by atoms with Gasteiger partial charge >= 0.3 is 0 Å². The second kappa shape index (κ2) is 3.66. The molecule has 2 fully saturated rings. The molecule has 0 saturated carbocycles. The fraction of sp³-hybridized carbons (Fsp3) is 0.900. The van der Waals surface area contributed by atoms with Gasteiger partial charge in [0.05, 0.1) is 0 Å². The number of aliphatic hydroxyl groups excluding tert-OH is 1. The SMILES string of the molecule is O=C1CCCC2C(CO)CCCN12. The Bertz CT molecular complexity index is 205. The first kappa shape index (κ1) is 9.00. The minimum atomic E-state index is 0.244. The maximum absolute atomic E-state index is 11.5. The summed E-state index contributed by atoms with van der Waals surface area (Å²) < 4.78 is 0. The standard InChI is InChI=1S/C10H17NO2/c12-7-8-3-2-6-11-9(8)4-1-5-10(11)13/h8-9,12H,1-7H2. The molecule has 2 aliphatic rings. The molecule has 0 radical (unpaired) electrons. The fourth-order valence-corrected chi connectivity index (χ4v) is 2.66. The lowest BCUT2D eigenvalue weighted by Crippen LogP contribution is -2.51. The van der Waals surface area contributed by atoms with E-state index in [0.717, 1.165) is 32.2 Å². The van der Waals surface area contributed by atoms with Crippen molar-refractivity contribution >= 4 is 5.91 Å². The van der Waals surface area contributed by atoms with Crippen LogP contribution in [0, 0.1) is 5.92 Å². The maximum atomic E-state index is 11.5. The predicted molar refractivity (Wildman–Crippen MR) is 49.2 cm³/mol. The van der Waals surface area contributed by atoms with Gasteiger partial charge in [0.1, 0.15) is 0 Å². The molecule has 2 aliphatic heterocycles. The zero-order valence-electron chi connectivity index (χ0n) is 7.91. The second-order valence-electron chi connectivity index (χ2n) is 4.13. The molecule has 2 rings (SSSR count). The third-order valence-corrected chi connectivity index (χ3v) is 3.36. The molecule has 0 aromatic carbocycles. The lowest BCUT2D eigenvalue weighted by molar-refractivity contribution is -0.140. The molecule has 2 unspecified atom stereocenters. The van der Waals surface area contributed by atoms with Crippen molar-refractivity contribution in [2.45, 2.75) is 38.1 Å². The van der Waals surface area contributed by atoms with Crippen molar-refractivity contribution in [3.63, 3.8) is 0 Å². The van der Waals surface area contributed by atoms with Crippen LogP contribution in [0.25, 0.3) is 0 Å². The molecular formula is C10H17NO2. The van der Waals surface area contributed by atoms with E-state index in [2.05, 4.69) is 0 Å². The Morgan fingerprint density at radius 1 is 1.38 bits per heavy atom. The van der Waals surface area contributed by atoms with Crippen LogP contribution in [0.3, 0.4) is 0 Å². The van der Waals surface area contributed by atoms with Gasteiger partial charge in [-0.3, -0.25) is 4.79 Å². The van der Waals surface area contributed by atoms with Gasteiger partial charge in [0, 0.05) is 31.5 Å². The van der Waals surface area contributed by atoms with Gasteiger partial charge < -0.3 is 10.0 Å². The first-order valence-electron chi connectivity index (χ1n) is 5.23. The first-order chi connectivity index (χ1) is 6.33. The number of hydrogen-bond acceptors (Lipinski definition) is 2. The zero-order chi connectivity index (χ0) is 9.26. The number of fused-ring (bicyclic) bond motifs is 1. The molecule has 0 bridgehead atoms. The summed E-state index contributed by atoms with van der Waals surface area (Å²) in [5, 5.41) is 9.18. The third kappa shape index (κ3) is 1.57. The van der Waals surface area contributed by atoms with E-state index in [-0.39, 0.29) is 6.61 Å². The highest BCUT2D eigenvalue weighted by Gasteiger charge is 2.35. The molecule has 1 amide bonds. The smallest absolute Gasteiger partial charge is 0.222 e. The molecule has 1 N–H and O–H groups in total. The van der Waals surface area contributed by atoms with Crippen molar-refractivity contribution in [2.24, 2.45) is 5.92 Å². The van der Waals surface area contributed by atoms with Gasteiger partial charge in [0.2, 0.25) is 5.91 Å². The fourth-order valence-electron chi connectivity index (χ4n) is 2.66. The Morgan fingerprint density at radius 2 is 2.23 bits per heavy atom. The van der Waals surface area contributed by atoms with Crippen LogP contribution in [0.5, 0.6) is 0 Å². The van der Waals surface area contributed by atoms with Gasteiger partial charge in [0.25, 0.3) is 0 Å². The van der Waals surface area contributed by atoms with Crippen molar-refractivity contribution in [1.29, 1.82) is 0 Å². The maximum Gasteiger partial charge on any atom is 0.222 e. The van der Waals surface area contributed by atoms with Crippen LogP contribution in [0.2, 0.25) is 0 Å². The Labute approximate surface area is 78.7 Å². The van der Waals surface area contributed by atoms with Crippen LogP contribution in [-0.4, -0.2) is 35.1 Å². The molecule has 0 aromatic heterocycles. The number of carbonyl (C=O) groups excluding carboxylic acids is 1. The second-order valence-corrected chi connectivity index (χ2v) is 4.13. The zero-order valence-corrected chi connectivity index (χ0v) is 7.91. The molecule has 74 valence electrons. The van der Waals surface area contributed by atoms with E-state index in [9.17, 15) is 9.90 Å². The number of nitrogens with zero attached hydrogens (tertiary/aromatic N) is 1. The highest BCUT2D eigenvalue weighted by molar-refractivity contribution is 5.77. The normalized spacial score (nSPS) is 34.5. The van der Waals surface area contributed by atoms with Crippen molar-refractivity contribution in [3.05, 3.63) is 0 Å². The summed E-state index contributed by atoms with van der Waals surface area (Å²) in [6, 6.07) is 0.347. The van der Waals surface area contributed by atoms with Crippen LogP contribution in [0.1, 0.15) is 32.1 Å². The molecular weight excluding hydrogens is 166 g/mol. The van der Waals surface area contributed by atoms with Gasteiger partial charge in [-0.25, -0.2) is 0 Å². The van der Waals surface area contributed by atoms with Gasteiger partial charge in [-0.1, -0.05) is 0 Å². The van der Waals surface area contributed by atoms with Crippen LogP contribution < -0.4 is 0 Å². The van der Waals surface area contributed by atoms with Crippen molar-refractivity contribution in [3.8, 4) is 0 Å². The molecule has 0 aromatic rings. The summed E-state index contributed by atoms with van der Waals surface area (Å²) in [5.74, 6) is 0.646. The van der Waals surface area contributed by atoms with E-state index in [1.54, 1.807) is 0 Å². The van der Waals surface area contributed by atoms with Crippen molar-refractivity contribution in [1.82, 2.24) is 4.90 Å². The largest absolute Gasteiger partial charge is 0.396 e. The van der Waals surface area contributed by atoms with E-state index in [1.165, 1.54) is 0 Å². The van der Waals surface area contributed by atoms with Gasteiger partial charge in [-0.05, 0) is 25.7 Å². The van der Waals surface area contributed by atoms with Gasteiger partial charge in [-0.2, -0.15) is 0 Å². The van der Waals surface area contributed by atoms with Gasteiger partial charge in [-0.15, -0.1) is 0 Å². The minimum Gasteiger partial charge on any atom is -0.396 e. The van der Waals surface area contributed by atoms with Crippen LogP contribution in [0.15, 0.2) is 0 Å². The predicted octanol–water partition coefficient (Wildman–Crippen LogP) is 0.770. The average molecular weight is 183 g/mol. The Hall–Kier alpha value is -0.570. The van der Waals surface area contributed by atoms with E-state index < -0.39 is 0 Å². The molecule has 13 heavy (non-hydrogen) atoms. The molecule has 0 spiro atoms. The molecule has 3 nitrogen and oxygen atoms in total. The van der Waals surface area contributed by atoms with E-state index in [0.29, 0.717) is 24.3 Å². The number of carbonyl (C=O) groups is 1. The molecule has 2 saturated heterocycles. The summed E-state index contributed by atoms with van der Waals surface area (Å²) in [6.45, 7) is 1.16. The number of aliphatic hydroxyl groups is 1. The van der Waals surface area contributed by atoms with E-state index >= 15 is 0 Å². The van der Waals surface area contributed by atoms with Crippen LogP contribution in [0.4, 0.5) is 0 Å². The number of amides is 1. The summed E-state index contributed by atoms with van der Waals surface area (Å²) in [5.41, 5.74) is 0. The number of rotatable bonds is 1. The van der Waals surface area contributed by atoms with Crippen LogP contribution >= 0.6 is 0 Å². The highest BCUT2D eigenvalue weighted by Crippen LogP contribution is 2.30. The summed E-state index contributed by atoms with van der Waals surface area (Å²) in [7, 11) is 0. The van der Waals surface area contributed by atoms with Crippen LogP contribution in [-0.2, 0) is 4.79 Å². The van der Waals surface area contributed by atoms with E-state index in [1.807, 2.05) is 4.90 Å². The summed E-state index contributed by atoms with van der Waals surface area (Å²) in [6.07, 6.45) is 4.97. The molecule has 0 aliphatic carbocycles. The van der Waals surface area contributed by atoms with Gasteiger partial charge in [0.15, 0.2) is 0 Å². The van der Waals surface area contributed by atoms with E-state index in [4.69, 9.17) is 0 Å². The highest BCUT2D eigenvalue weighted by atomic mass is 16.3. The quantitative estimate of drug-likeness (QED) is 0.652. The Morgan fingerprint density at radius 3 is 3.00 bits per heavy atom. The van der Waals surface area contributed by atoms with Crippen molar-refractivity contribution < 1.29 is 9.90 Å². The topological polar surface area (TPSA) is 40.5 Å². The molecule has 3 heteroatoms. The number of hydrogen-bond donors (Lipinski definition) is 1. The molecule has 2 atom stereocenters. The Kier molecular flexibility index (Phi) is 2.54. The summed E-state index contributed by atoms with van der Waals surface area (Å²) in [4.78, 5) is 13.5. The third-order valence-electron chi connectivity index (χ3n) is 3.36.